The van der Waals surface area contributed by atoms with E-state index < -0.39 is 23.5 Å². The van der Waals surface area contributed by atoms with Crippen LogP contribution in [0.2, 0.25) is 0 Å². The molecule has 8 aromatic carbocycles. The number of hydrogen-bond donors (Lipinski definition) is 0. The van der Waals surface area contributed by atoms with Gasteiger partial charge in [0.25, 0.3) is 0 Å². The van der Waals surface area contributed by atoms with Crippen LogP contribution in [0.25, 0.3) is 21.5 Å². The molecule has 0 aliphatic heterocycles. The van der Waals surface area contributed by atoms with Crippen molar-refractivity contribution < 1.29 is 26.3 Å². The van der Waals surface area contributed by atoms with Crippen LogP contribution in [0.15, 0.2) is 233 Å². The highest BCUT2D eigenvalue weighted by Gasteiger charge is 2.30. The Morgan fingerprint density at radius 2 is 0.551 bits per heavy atom. The minimum Gasteiger partial charge on any atom is -0.255 e. The molecule has 0 fully saturated rings. The summed E-state index contributed by atoms with van der Waals surface area (Å²) in [6.07, 6.45) is -5.20. The normalized spacial score (nSPS) is 12.7. The van der Waals surface area contributed by atoms with Gasteiger partial charge in [-0.2, -0.15) is 57.0 Å². The van der Waals surface area contributed by atoms with Gasteiger partial charge in [0.2, 0.25) is 0 Å². The zero-order valence-corrected chi connectivity index (χ0v) is 36.4. The first kappa shape index (κ1) is 45.5. The number of thiophene rings is 1. The number of benzene rings is 8. The number of rotatable bonds is 12. The first-order valence-corrected chi connectivity index (χ1v) is 21.7. The minimum absolute atomic E-state index is 0.296. The Hall–Kier alpha value is -8.70. The lowest BCUT2D eigenvalue weighted by molar-refractivity contribution is -0.138. The van der Waals surface area contributed by atoms with Crippen LogP contribution in [0.1, 0.15) is 20.9 Å². The fourth-order valence-electron chi connectivity index (χ4n) is 6.77. The van der Waals surface area contributed by atoms with Crippen LogP contribution < -0.4 is 0 Å². The SMILES string of the molecule is FC(F)(F)c1ccc(N=Nc2ccc(N=Nc3ccc(N=Cc4ccc(C=Nc5ccc(N=Nc6ccc(N=Nc7ccc(C(F)(F)F)cc7)cc6)c6ccccc56)s4)c4ccccc34)cc2)cc1. The molecule has 1 aromatic heterocycles. The molecule has 0 atom stereocenters. The predicted octanol–water partition coefficient (Wildman–Crippen LogP) is 19.3. The second-order valence-corrected chi connectivity index (χ2v) is 16.1. The van der Waals surface area contributed by atoms with Crippen molar-refractivity contribution in [2.75, 3.05) is 0 Å². The van der Waals surface area contributed by atoms with Crippen molar-refractivity contribution >= 4 is 102 Å². The third-order valence-corrected chi connectivity index (χ3v) is 11.2. The molecular weight excluding hydrogens is 911 g/mol. The Morgan fingerprint density at radius 1 is 0.290 bits per heavy atom. The summed E-state index contributed by atoms with van der Waals surface area (Å²) in [7, 11) is 0. The summed E-state index contributed by atoms with van der Waals surface area (Å²) in [4.78, 5) is 11.5. The maximum Gasteiger partial charge on any atom is 0.416 e. The number of halogens is 6. The molecule has 0 amide bonds. The summed E-state index contributed by atoms with van der Waals surface area (Å²) in [5.41, 5.74) is 4.08. The highest BCUT2D eigenvalue weighted by molar-refractivity contribution is 7.15. The fraction of sp³-hybridized carbons (Fsp3) is 0.0385. The Kier molecular flexibility index (Phi) is 13.2. The van der Waals surface area contributed by atoms with Gasteiger partial charge >= 0.3 is 12.4 Å². The standard InChI is InChI=1S/C52H32F6N10S/c53-51(54,55)33-9-13-35(14-10-33)61-63-37-17-21-39(22-18-37)65-67-49-29-27-47(43-5-1-3-7-45(43)49)59-31-41-25-26-42(69-41)32-60-48-28-30-50(46-8-4-2-6-44(46)48)68-66-40-23-19-38(20-24-40)64-62-36-15-11-34(12-16-36)52(56,57)58/h1-32H. The molecule has 0 aliphatic rings. The number of azo groups is 4. The third-order valence-electron chi connectivity index (χ3n) is 10.3. The van der Waals surface area contributed by atoms with Gasteiger partial charge in [0.05, 0.1) is 68.0 Å². The van der Waals surface area contributed by atoms with Crippen molar-refractivity contribution in [3.05, 3.63) is 203 Å². The van der Waals surface area contributed by atoms with Crippen molar-refractivity contribution in [2.45, 2.75) is 12.4 Å². The average molecular weight is 943 g/mol. The first-order chi connectivity index (χ1) is 33.4. The quantitative estimate of drug-likeness (QED) is 0.0658. The smallest absolute Gasteiger partial charge is 0.255 e. The molecule has 0 unspecified atom stereocenters. The number of fused-ring (bicyclic) bond motifs is 2. The summed E-state index contributed by atoms with van der Waals surface area (Å²) < 4.78 is 77.1. The average Bonchev–Trinajstić information content (AvgIpc) is 3.83. The topological polar surface area (TPSA) is 124 Å². The Morgan fingerprint density at radius 3 is 0.855 bits per heavy atom. The first-order valence-electron chi connectivity index (χ1n) is 20.8. The molecule has 0 saturated heterocycles. The van der Waals surface area contributed by atoms with Gasteiger partial charge in [-0.1, -0.05) is 48.5 Å². The highest BCUT2D eigenvalue weighted by Crippen LogP contribution is 2.38. The van der Waals surface area contributed by atoms with E-state index in [1.165, 1.54) is 24.3 Å². The van der Waals surface area contributed by atoms with E-state index >= 15 is 0 Å². The molecule has 0 radical (unpaired) electrons. The summed E-state index contributed by atoms with van der Waals surface area (Å²) >= 11 is 1.54. The molecule has 9 aromatic rings. The van der Waals surface area contributed by atoms with Crippen LogP contribution in [0.5, 0.6) is 0 Å². The number of nitrogens with zero attached hydrogens (tertiary/aromatic N) is 10. The number of alkyl halides is 6. The Labute approximate surface area is 393 Å². The van der Waals surface area contributed by atoms with E-state index in [-0.39, 0.29) is 0 Å². The van der Waals surface area contributed by atoms with E-state index in [0.29, 0.717) is 45.5 Å². The van der Waals surface area contributed by atoms with Crippen molar-refractivity contribution in [3.63, 3.8) is 0 Å². The summed E-state index contributed by atoms with van der Waals surface area (Å²) in [6.45, 7) is 0. The second kappa shape index (κ2) is 20.0. The molecule has 1 heterocycles. The van der Waals surface area contributed by atoms with E-state index in [0.717, 1.165) is 66.9 Å². The van der Waals surface area contributed by atoms with E-state index in [9.17, 15) is 26.3 Å². The summed E-state index contributed by atoms with van der Waals surface area (Å²) in [5, 5.41) is 37.6. The molecule has 0 bridgehead atoms. The zero-order chi connectivity index (χ0) is 47.8. The zero-order valence-electron chi connectivity index (χ0n) is 35.6. The Balaban J connectivity index is 0.830. The van der Waals surface area contributed by atoms with Crippen LogP contribution in [-0.2, 0) is 12.4 Å². The van der Waals surface area contributed by atoms with E-state index in [1.807, 2.05) is 97.4 Å². The van der Waals surface area contributed by atoms with Crippen LogP contribution in [-0.4, -0.2) is 12.4 Å². The van der Waals surface area contributed by atoms with Gasteiger partial charge in [0, 0.05) is 43.7 Å². The second-order valence-electron chi connectivity index (χ2n) is 15.0. The number of aliphatic imine (C=N–C) groups is 2. The maximum atomic E-state index is 12.9. The molecule has 0 saturated carbocycles. The van der Waals surface area contributed by atoms with Crippen molar-refractivity contribution in [1.29, 1.82) is 0 Å². The van der Waals surface area contributed by atoms with Gasteiger partial charge in [-0.3, -0.25) is 9.98 Å². The van der Waals surface area contributed by atoms with E-state index in [2.05, 4.69) is 40.9 Å². The van der Waals surface area contributed by atoms with Crippen LogP contribution in [0.4, 0.5) is 83.2 Å². The van der Waals surface area contributed by atoms with Gasteiger partial charge < -0.3 is 0 Å². The fourth-order valence-corrected chi connectivity index (χ4v) is 7.52. The summed E-state index contributed by atoms with van der Waals surface area (Å²) in [5.74, 6) is 0. The molecule has 0 aliphatic carbocycles. The predicted molar refractivity (Wildman–Crippen MR) is 259 cm³/mol. The van der Waals surface area contributed by atoms with Crippen molar-refractivity contribution in [2.24, 2.45) is 50.9 Å². The van der Waals surface area contributed by atoms with Gasteiger partial charge in [-0.25, -0.2) is 0 Å². The van der Waals surface area contributed by atoms with Gasteiger partial charge in [0.1, 0.15) is 0 Å². The highest BCUT2D eigenvalue weighted by atomic mass is 32.1. The molecular formula is C52H32F6N10S. The molecule has 0 N–H and O–H groups in total. The molecule has 0 spiro atoms. The van der Waals surface area contributed by atoms with Crippen LogP contribution >= 0.6 is 11.3 Å². The van der Waals surface area contributed by atoms with Crippen molar-refractivity contribution in [3.8, 4) is 0 Å². The van der Waals surface area contributed by atoms with E-state index in [4.69, 9.17) is 9.98 Å². The molecule has 9 rings (SSSR count). The van der Waals surface area contributed by atoms with Gasteiger partial charge in [-0.15, -0.1) is 21.6 Å². The molecule has 338 valence electrons. The van der Waals surface area contributed by atoms with E-state index in [1.54, 1.807) is 59.9 Å². The summed E-state index contributed by atoms with van der Waals surface area (Å²) in [6, 6.07) is 49.6. The molecule has 17 heteroatoms. The van der Waals surface area contributed by atoms with Crippen LogP contribution in [0.3, 0.4) is 0 Å². The van der Waals surface area contributed by atoms with Crippen molar-refractivity contribution in [1.82, 2.24) is 0 Å². The number of hydrogen-bond acceptors (Lipinski definition) is 11. The monoisotopic (exact) mass is 942 g/mol. The lowest BCUT2D eigenvalue weighted by atomic mass is 10.1. The Bertz CT molecular complexity index is 3220. The van der Waals surface area contributed by atoms with Gasteiger partial charge in [-0.05, 0) is 133 Å². The van der Waals surface area contributed by atoms with Crippen LogP contribution in [0, 0.1) is 0 Å². The van der Waals surface area contributed by atoms with Gasteiger partial charge in [0.15, 0.2) is 0 Å². The molecule has 10 nitrogen and oxygen atoms in total. The maximum absolute atomic E-state index is 12.9. The molecule has 69 heavy (non-hydrogen) atoms. The minimum atomic E-state index is -4.42. The lowest BCUT2D eigenvalue weighted by Gasteiger charge is -2.05. The lowest BCUT2D eigenvalue weighted by Crippen LogP contribution is -2.03. The largest absolute Gasteiger partial charge is 0.416 e. The third kappa shape index (κ3) is 11.5.